The van der Waals surface area contributed by atoms with Crippen LogP contribution in [0, 0.1) is 11.3 Å². The second-order valence-corrected chi connectivity index (χ2v) is 4.82. The standard InChI is InChI=1S/C16H11ClN2O/c17-14-7-15-13(12(8-18)9-19-15)6-16(14)20-10-11-4-2-1-3-5-11/h1-7,9,19H,10H2. The fourth-order valence-electron chi connectivity index (χ4n) is 2.06. The lowest BCUT2D eigenvalue weighted by atomic mass is 10.2. The van der Waals surface area contributed by atoms with Crippen LogP contribution in [0.5, 0.6) is 5.75 Å². The average Bonchev–Trinajstić information content (AvgIpc) is 2.87. The van der Waals surface area contributed by atoms with Crippen LogP contribution < -0.4 is 4.74 Å². The van der Waals surface area contributed by atoms with Gasteiger partial charge in [-0.05, 0) is 17.7 Å². The SMILES string of the molecule is N#Cc1c[nH]c2cc(Cl)c(OCc3ccccc3)cc12. The largest absolute Gasteiger partial charge is 0.487 e. The number of benzene rings is 2. The number of aromatic amines is 1. The van der Waals surface area contributed by atoms with Crippen LogP contribution >= 0.6 is 11.6 Å². The van der Waals surface area contributed by atoms with Crippen LogP contribution in [0.25, 0.3) is 10.9 Å². The summed E-state index contributed by atoms with van der Waals surface area (Å²) in [4.78, 5) is 3.02. The van der Waals surface area contributed by atoms with E-state index in [1.807, 2.05) is 30.3 Å². The maximum absolute atomic E-state index is 9.05. The first-order valence-electron chi connectivity index (χ1n) is 6.15. The van der Waals surface area contributed by atoms with E-state index in [4.69, 9.17) is 21.6 Å². The summed E-state index contributed by atoms with van der Waals surface area (Å²) in [5.41, 5.74) is 2.48. The summed E-state index contributed by atoms with van der Waals surface area (Å²) in [6, 6.07) is 15.6. The smallest absolute Gasteiger partial charge is 0.139 e. The molecule has 1 N–H and O–H groups in total. The summed E-state index contributed by atoms with van der Waals surface area (Å²) in [6.45, 7) is 0.443. The molecule has 20 heavy (non-hydrogen) atoms. The molecule has 3 nitrogen and oxygen atoms in total. The first kappa shape index (κ1) is 12.6. The molecule has 0 aliphatic carbocycles. The Balaban J connectivity index is 1.91. The molecule has 0 saturated heterocycles. The molecule has 0 atom stereocenters. The molecule has 0 radical (unpaired) electrons. The monoisotopic (exact) mass is 282 g/mol. The van der Waals surface area contributed by atoms with E-state index in [-0.39, 0.29) is 0 Å². The molecule has 0 aliphatic rings. The number of hydrogen-bond donors (Lipinski definition) is 1. The van der Waals surface area contributed by atoms with Crippen LogP contribution in [0.1, 0.15) is 11.1 Å². The number of hydrogen-bond acceptors (Lipinski definition) is 2. The van der Waals surface area contributed by atoms with E-state index in [0.29, 0.717) is 22.9 Å². The van der Waals surface area contributed by atoms with Gasteiger partial charge < -0.3 is 9.72 Å². The normalized spacial score (nSPS) is 10.4. The van der Waals surface area contributed by atoms with Crippen molar-refractivity contribution in [3.63, 3.8) is 0 Å². The Morgan fingerprint density at radius 3 is 2.75 bits per heavy atom. The molecule has 3 rings (SSSR count). The molecule has 98 valence electrons. The zero-order valence-electron chi connectivity index (χ0n) is 10.6. The van der Waals surface area contributed by atoms with Gasteiger partial charge in [0.05, 0.1) is 10.6 Å². The predicted molar refractivity (Wildman–Crippen MR) is 78.8 cm³/mol. The van der Waals surface area contributed by atoms with Crippen molar-refractivity contribution in [1.82, 2.24) is 4.98 Å². The molecule has 1 heterocycles. The summed E-state index contributed by atoms with van der Waals surface area (Å²) in [5, 5.41) is 10.4. The number of rotatable bonds is 3. The van der Waals surface area contributed by atoms with E-state index in [1.54, 1.807) is 18.3 Å². The second-order valence-electron chi connectivity index (χ2n) is 4.42. The molecule has 3 aromatic rings. The van der Waals surface area contributed by atoms with Crippen molar-refractivity contribution in [1.29, 1.82) is 5.26 Å². The van der Waals surface area contributed by atoms with Crippen molar-refractivity contribution >= 4 is 22.5 Å². The van der Waals surface area contributed by atoms with Gasteiger partial charge >= 0.3 is 0 Å². The highest BCUT2D eigenvalue weighted by atomic mass is 35.5. The van der Waals surface area contributed by atoms with Crippen molar-refractivity contribution in [2.75, 3.05) is 0 Å². The van der Waals surface area contributed by atoms with Gasteiger partial charge in [-0.3, -0.25) is 0 Å². The molecule has 0 aliphatic heterocycles. The van der Waals surface area contributed by atoms with Crippen molar-refractivity contribution in [3.8, 4) is 11.8 Å². The van der Waals surface area contributed by atoms with E-state index < -0.39 is 0 Å². The van der Waals surface area contributed by atoms with Gasteiger partial charge in [-0.15, -0.1) is 0 Å². The fourth-order valence-corrected chi connectivity index (χ4v) is 2.28. The third-order valence-electron chi connectivity index (χ3n) is 3.09. The third kappa shape index (κ3) is 2.34. The minimum atomic E-state index is 0.443. The third-order valence-corrected chi connectivity index (χ3v) is 3.39. The van der Waals surface area contributed by atoms with Gasteiger partial charge in [0.1, 0.15) is 18.4 Å². The Labute approximate surface area is 121 Å². The molecule has 2 aromatic carbocycles. The predicted octanol–water partition coefficient (Wildman–Crippen LogP) is 4.27. The van der Waals surface area contributed by atoms with E-state index in [1.165, 1.54) is 0 Å². The van der Waals surface area contributed by atoms with Crippen molar-refractivity contribution in [3.05, 3.63) is 64.8 Å². The molecule has 0 fully saturated rings. The topological polar surface area (TPSA) is 48.8 Å². The van der Waals surface area contributed by atoms with Crippen LogP contribution in [0.2, 0.25) is 5.02 Å². The highest BCUT2D eigenvalue weighted by Gasteiger charge is 2.09. The number of aromatic nitrogens is 1. The number of nitriles is 1. The lowest BCUT2D eigenvalue weighted by molar-refractivity contribution is 0.307. The number of nitrogens with one attached hydrogen (secondary N) is 1. The highest BCUT2D eigenvalue weighted by Crippen LogP contribution is 2.31. The first-order chi connectivity index (χ1) is 9.78. The number of halogens is 1. The van der Waals surface area contributed by atoms with Gasteiger partial charge in [-0.2, -0.15) is 5.26 Å². The summed E-state index contributed by atoms with van der Waals surface area (Å²) >= 11 is 6.19. The summed E-state index contributed by atoms with van der Waals surface area (Å²) in [5.74, 6) is 0.583. The van der Waals surface area contributed by atoms with Gasteiger partial charge in [-0.1, -0.05) is 41.9 Å². The molecular weight excluding hydrogens is 272 g/mol. The Hall–Kier alpha value is -2.44. The lowest BCUT2D eigenvalue weighted by Gasteiger charge is -2.08. The van der Waals surface area contributed by atoms with Crippen molar-refractivity contribution in [2.45, 2.75) is 6.61 Å². The van der Waals surface area contributed by atoms with E-state index in [0.717, 1.165) is 16.5 Å². The number of ether oxygens (including phenoxy) is 1. The summed E-state index contributed by atoms with van der Waals surface area (Å²) in [7, 11) is 0. The van der Waals surface area contributed by atoms with E-state index >= 15 is 0 Å². The quantitative estimate of drug-likeness (QED) is 0.780. The summed E-state index contributed by atoms with van der Waals surface area (Å²) < 4.78 is 5.74. The van der Waals surface area contributed by atoms with E-state index in [2.05, 4.69) is 11.1 Å². The molecule has 0 saturated carbocycles. The molecule has 0 amide bonds. The van der Waals surface area contributed by atoms with Crippen LogP contribution in [0.15, 0.2) is 48.7 Å². The number of fused-ring (bicyclic) bond motifs is 1. The maximum atomic E-state index is 9.05. The Morgan fingerprint density at radius 1 is 1.20 bits per heavy atom. The maximum Gasteiger partial charge on any atom is 0.139 e. The summed E-state index contributed by atoms with van der Waals surface area (Å²) in [6.07, 6.45) is 1.67. The van der Waals surface area contributed by atoms with E-state index in [9.17, 15) is 0 Å². The highest BCUT2D eigenvalue weighted by molar-refractivity contribution is 6.32. The zero-order valence-corrected chi connectivity index (χ0v) is 11.3. The van der Waals surface area contributed by atoms with Crippen molar-refractivity contribution in [2.24, 2.45) is 0 Å². The molecule has 1 aromatic heterocycles. The molecule has 0 bridgehead atoms. The molecule has 0 spiro atoms. The Kier molecular flexibility index (Phi) is 3.32. The number of nitrogens with zero attached hydrogens (tertiary/aromatic N) is 1. The molecule has 0 unspecified atom stereocenters. The first-order valence-corrected chi connectivity index (χ1v) is 6.53. The van der Waals surface area contributed by atoms with Crippen LogP contribution in [0.4, 0.5) is 0 Å². The van der Waals surface area contributed by atoms with Gasteiger partial charge in [-0.25, -0.2) is 0 Å². The number of H-pyrrole nitrogens is 1. The Bertz CT molecular complexity index is 787. The zero-order chi connectivity index (χ0) is 13.9. The Morgan fingerprint density at radius 2 is 2.00 bits per heavy atom. The van der Waals surface area contributed by atoms with Crippen LogP contribution in [0.3, 0.4) is 0 Å². The molecular formula is C16H11ClN2O. The van der Waals surface area contributed by atoms with Crippen LogP contribution in [-0.2, 0) is 6.61 Å². The molecule has 4 heteroatoms. The minimum absolute atomic E-state index is 0.443. The fraction of sp³-hybridized carbons (Fsp3) is 0.0625. The van der Waals surface area contributed by atoms with Gasteiger partial charge in [0.15, 0.2) is 0 Å². The van der Waals surface area contributed by atoms with Crippen LogP contribution in [-0.4, -0.2) is 4.98 Å². The minimum Gasteiger partial charge on any atom is -0.487 e. The average molecular weight is 283 g/mol. The van der Waals surface area contributed by atoms with Gasteiger partial charge in [0, 0.05) is 17.1 Å². The van der Waals surface area contributed by atoms with Crippen molar-refractivity contribution < 1.29 is 4.74 Å². The lowest BCUT2D eigenvalue weighted by Crippen LogP contribution is -1.95. The van der Waals surface area contributed by atoms with Gasteiger partial charge in [0.2, 0.25) is 0 Å². The van der Waals surface area contributed by atoms with Gasteiger partial charge in [0.25, 0.3) is 0 Å². The second kappa shape index (κ2) is 5.28.